The van der Waals surface area contributed by atoms with Gasteiger partial charge in [-0.15, -0.1) is 0 Å². The van der Waals surface area contributed by atoms with Crippen LogP contribution in [0, 0.1) is 5.92 Å². The zero-order chi connectivity index (χ0) is 16.9. The minimum absolute atomic E-state index is 0.0823. The summed E-state index contributed by atoms with van der Waals surface area (Å²) in [4.78, 5) is 11.8. The Labute approximate surface area is 149 Å². The number of phenolic OH excluding ortho intramolecular Hbond substituents is 1. The number of thiocarbonyl (C=S) groups is 1. The van der Waals surface area contributed by atoms with Gasteiger partial charge in [-0.3, -0.25) is 4.79 Å². The normalized spacial score (nSPS) is 12.6. The van der Waals surface area contributed by atoms with Crippen LogP contribution in [0.1, 0.15) is 13.8 Å². The Balaban J connectivity index is 2.73. The molecule has 0 heterocycles. The van der Waals surface area contributed by atoms with E-state index < -0.39 is 9.96 Å². The molecule has 0 spiro atoms. The van der Waals surface area contributed by atoms with Crippen LogP contribution in [-0.4, -0.2) is 26.1 Å². The first-order chi connectivity index (χ1) is 10.1. The highest BCUT2D eigenvalue weighted by molar-refractivity contribution is 7.80. The van der Waals surface area contributed by atoms with E-state index in [1.54, 1.807) is 26.0 Å². The van der Waals surface area contributed by atoms with E-state index >= 15 is 0 Å². The number of amides is 1. The average Bonchev–Trinajstić information content (AvgIpc) is 2.36. The van der Waals surface area contributed by atoms with E-state index in [4.69, 9.17) is 47.0 Å². The van der Waals surface area contributed by atoms with Crippen LogP contribution in [0.4, 0.5) is 5.69 Å². The summed E-state index contributed by atoms with van der Waals surface area (Å²) in [6, 6.07) is 6.34. The van der Waals surface area contributed by atoms with Gasteiger partial charge < -0.3 is 21.1 Å². The van der Waals surface area contributed by atoms with Crippen LogP contribution in [0.5, 0.6) is 5.75 Å². The number of hydrogen-bond acceptors (Lipinski definition) is 3. The average molecular weight is 385 g/mol. The molecule has 0 aliphatic carbocycles. The fourth-order valence-corrected chi connectivity index (χ4v) is 1.95. The van der Waals surface area contributed by atoms with Gasteiger partial charge in [0.1, 0.15) is 11.9 Å². The molecule has 0 radical (unpaired) electrons. The molecule has 1 amide bonds. The molecule has 22 heavy (non-hydrogen) atoms. The second kappa shape index (κ2) is 8.06. The second-order valence-electron chi connectivity index (χ2n) is 4.79. The molecule has 1 unspecified atom stereocenters. The Bertz CT molecular complexity index is 550. The van der Waals surface area contributed by atoms with Crippen molar-refractivity contribution in [2.75, 3.05) is 5.32 Å². The fourth-order valence-electron chi connectivity index (χ4n) is 1.39. The summed E-state index contributed by atoms with van der Waals surface area (Å²) in [5.74, 6) is -0.480. The Morgan fingerprint density at radius 1 is 1.27 bits per heavy atom. The zero-order valence-corrected chi connectivity index (χ0v) is 14.9. The van der Waals surface area contributed by atoms with E-state index in [1.165, 1.54) is 12.1 Å². The number of halogens is 3. The SMILES string of the molecule is CC(C)C(=O)NC(NC(=S)Nc1cccc(O)c1)C(Cl)(Cl)Cl. The molecule has 1 atom stereocenters. The standard InChI is InChI=1S/C13H16Cl3N3O2S/c1-7(2)10(21)18-11(13(14,15)16)19-12(22)17-8-4-3-5-9(20)6-8/h3-7,11,20H,1-2H3,(H,18,21)(H2,17,19,22). The number of alkyl halides is 3. The van der Waals surface area contributed by atoms with Gasteiger partial charge in [-0.25, -0.2) is 0 Å². The highest BCUT2D eigenvalue weighted by atomic mass is 35.6. The summed E-state index contributed by atoms with van der Waals surface area (Å²) in [6.45, 7) is 3.43. The number of phenols is 1. The third-order valence-electron chi connectivity index (χ3n) is 2.52. The molecule has 0 saturated heterocycles. The molecular formula is C13H16Cl3N3O2S. The summed E-state index contributed by atoms with van der Waals surface area (Å²) >= 11 is 22.7. The Kier molecular flexibility index (Phi) is 6.99. The van der Waals surface area contributed by atoms with Crippen LogP contribution in [0.3, 0.4) is 0 Å². The summed E-state index contributed by atoms with van der Waals surface area (Å²) in [6.07, 6.45) is -1.01. The first-order valence-electron chi connectivity index (χ1n) is 6.33. The molecule has 0 aliphatic rings. The number of hydrogen-bond donors (Lipinski definition) is 4. The number of carbonyl (C=O) groups excluding carboxylic acids is 1. The first-order valence-corrected chi connectivity index (χ1v) is 7.87. The van der Waals surface area contributed by atoms with Crippen molar-refractivity contribution in [3.63, 3.8) is 0 Å². The van der Waals surface area contributed by atoms with Crippen molar-refractivity contribution in [1.82, 2.24) is 10.6 Å². The van der Waals surface area contributed by atoms with Crippen molar-refractivity contribution in [2.45, 2.75) is 23.8 Å². The van der Waals surface area contributed by atoms with Crippen molar-refractivity contribution in [3.8, 4) is 5.75 Å². The van der Waals surface area contributed by atoms with Gasteiger partial charge in [0, 0.05) is 17.7 Å². The van der Waals surface area contributed by atoms with E-state index in [0.717, 1.165) is 0 Å². The molecule has 122 valence electrons. The molecule has 1 aromatic carbocycles. The number of nitrogens with one attached hydrogen (secondary N) is 3. The van der Waals surface area contributed by atoms with Gasteiger partial charge in [0.2, 0.25) is 9.70 Å². The molecular weight excluding hydrogens is 369 g/mol. The lowest BCUT2D eigenvalue weighted by atomic mass is 10.2. The topological polar surface area (TPSA) is 73.4 Å². The van der Waals surface area contributed by atoms with Crippen LogP contribution in [0.25, 0.3) is 0 Å². The molecule has 0 aromatic heterocycles. The van der Waals surface area contributed by atoms with E-state index in [0.29, 0.717) is 5.69 Å². The van der Waals surface area contributed by atoms with Crippen LogP contribution in [0.2, 0.25) is 0 Å². The highest BCUT2D eigenvalue weighted by Crippen LogP contribution is 2.29. The summed E-state index contributed by atoms with van der Waals surface area (Å²) < 4.78 is -1.80. The lowest BCUT2D eigenvalue weighted by Crippen LogP contribution is -2.56. The molecule has 0 aliphatic heterocycles. The molecule has 4 N–H and O–H groups in total. The predicted molar refractivity (Wildman–Crippen MR) is 94.5 cm³/mol. The van der Waals surface area contributed by atoms with E-state index in [2.05, 4.69) is 16.0 Å². The molecule has 0 bridgehead atoms. The van der Waals surface area contributed by atoms with Gasteiger partial charge in [0.05, 0.1) is 0 Å². The molecule has 0 fully saturated rings. The number of rotatable bonds is 4. The van der Waals surface area contributed by atoms with Gasteiger partial charge in [0.15, 0.2) is 5.11 Å². The van der Waals surface area contributed by atoms with Crippen LogP contribution >= 0.6 is 47.0 Å². The second-order valence-corrected chi connectivity index (χ2v) is 7.56. The lowest BCUT2D eigenvalue weighted by molar-refractivity contribution is -0.124. The maximum atomic E-state index is 11.8. The highest BCUT2D eigenvalue weighted by Gasteiger charge is 2.35. The van der Waals surface area contributed by atoms with Crippen LogP contribution in [0.15, 0.2) is 24.3 Å². The Hall–Kier alpha value is -0.950. The predicted octanol–water partition coefficient (Wildman–Crippen LogP) is 3.15. The number of anilines is 1. The molecule has 1 rings (SSSR count). The zero-order valence-electron chi connectivity index (χ0n) is 11.9. The van der Waals surface area contributed by atoms with Crippen molar-refractivity contribution >= 4 is 63.7 Å². The first kappa shape index (κ1) is 19.1. The minimum Gasteiger partial charge on any atom is -0.508 e. The van der Waals surface area contributed by atoms with E-state index in [1.807, 2.05) is 0 Å². The van der Waals surface area contributed by atoms with Gasteiger partial charge in [0.25, 0.3) is 0 Å². The fraction of sp³-hybridized carbons (Fsp3) is 0.385. The summed E-state index contributed by atoms with van der Waals surface area (Å²) in [5.41, 5.74) is 0.552. The molecule has 0 saturated carbocycles. The molecule has 1 aromatic rings. The van der Waals surface area contributed by atoms with Gasteiger partial charge >= 0.3 is 0 Å². The monoisotopic (exact) mass is 383 g/mol. The third-order valence-corrected chi connectivity index (χ3v) is 3.39. The largest absolute Gasteiger partial charge is 0.508 e. The minimum atomic E-state index is -1.80. The van der Waals surface area contributed by atoms with Crippen molar-refractivity contribution in [2.24, 2.45) is 5.92 Å². The lowest BCUT2D eigenvalue weighted by Gasteiger charge is -2.28. The number of benzene rings is 1. The van der Waals surface area contributed by atoms with Gasteiger partial charge in [-0.1, -0.05) is 54.7 Å². The maximum absolute atomic E-state index is 11.8. The van der Waals surface area contributed by atoms with Gasteiger partial charge in [-0.2, -0.15) is 0 Å². The smallest absolute Gasteiger partial charge is 0.228 e. The van der Waals surface area contributed by atoms with Crippen molar-refractivity contribution in [1.29, 1.82) is 0 Å². The van der Waals surface area contributed by atoms with Crippen molar-refractivity contribution in [3.05, 3.63) is 24.3 Å². The van der Waals surface area contributed by atoms with E-state index in [-0.39, 0.29) is 22.7 Å². The summed E-state index contributed by atoms with van der Waals surface area (Å²) in [5, 5.41) is 17.6. The number of aromatic hydroxyl groups is 1. The van der Waals surface area contributed by atoms with Crippen LogP contribution < -0.4 is 16.0 Å². The van der Waals surface area contributed by atoms with Crippen molar-refractivity contribution < 1.29 is 9.90 Å². The maximum Gasteiger partial charge on any atom is 0.228 e. The Morgan fingerprint density at radius 2 is 1.91 bits per heavy atom. The van der Waals surface area contributed by atoms with E-state index in [9.17, 15) is 9.90 Å². The Morgan fingerprint density at radius 3 is 2.41 bits per heavy atom. The third kappa shape index (κ3) is 6.44. The van der Waals surface area contributed by atoms with Gasteiger partial charge in [-0.05, 0) is 24.4 Å². The quantitative estimate of drug-likeness (QED) is 0.365. The number of carbonyl (C=O) groups is 1. The van der Waals surface area contributed by atoms with Crippen LogP contribution in [-0.2, 0) is 4.79 Å². The summed E-state index contributed by atoms with van der Waals surface area (Å²) in [7, 11) is 0. The molecule has 5 nitrogen and oxygen atoms in total. The molecule has 9 heteroatoms.